The zero-order valence-corrected chi connectivity index (χ0v) is 11.8. The number of hydrogen-bond acceptors (Lipinski definition) is 2. The van der Waals surface area contributed by atoms with Crippen molar-refractivity contribution in [2.75, 3.05) is 0 Å². The number of nitriles is 1. The molecule has 3 rings (SSSR count). The highest BCUT2D eigenvalue weighted by atomic mass is 35.5. The van der Waals surface area contributed by atoms with Crippen molar-refractivity contribution >= 4 is 34.2 Å². The molecule has 0 aliphatic carbocycles. The fourth-order valence-corrected chi connectivity index (χ4v) is 2.45. The Balaban J connectivity index is 1.99. The van der Waals surface area contributed by atoms with Crippen LogP contribution in [0.4, 0.5) is 0 Å². The highest BCUT2D eigenvalue weighted by Gasteiger charge is 2.08. The van der Waals surface area contributed by atoms with Crippen molar-refractivity contribution in [3.05, 3.63) is 63.4 Å². The SMILES string of the molecule is N#Cc1ccc2nc(Cc3cc(Cl)ccc3Cl)[nH]c2c1. The van der Waals surface area contributed by atoms with Crippen molar-refractivity contribution < 1.29 is 0 Å². The van der Waals surface area contributed by atoms with E-state index in [2.05, 4.69) is 16.0 Å². The average molecular weight is 302 g/mol. The molecule has 3 nitrogen and oxygen atoms in total. The summed E-state index contributed by atoms with van der Waals surface area (Å²) in [5.41, 5.74) is 3.20. The van der Waals surface area contributed by atoms with E-state index in [0.29, 0.717) is 22.0 Å². The summed E-state index contributed by atoms with van der Waals surface area (Å²) in [6, 6.07) is 12.8. The summed E-state index contributed by atoms with van der Waals surface area (Å²) >= 11 is 12.1. The van der Waals surface area contributed by atoms with Gasteiger partial charge in [-0.1, -0.05) is 23.2 Å². The number of halogens is 2. The number of aromatic amines is 1. The number of H-pyrrole nitrogens is 1. The van der Waals surface area contributed by atoms with Crippen LogP contribution in [0.15, 0.2) is 36.4 Å². The second kappa shape index (κ2) is 5.16. The standard InChI is InChI=1S/C15H9Cl2N3/c16-11-2-3-12(17)10(6-11)7-15-19-13-4-1-9(8-18)5-14(13)20-15/h1-6H,7H2,(H,19,20). The Morgan fingerprint density at radius 3 is 2.80 bits per heavy atom. The van der Waals surface area contributed by atoms with Crippen LogP contribution in [0, 0.1) is 11.3 Å². The molecule has 0 saturated carbocycles. The first-order chi connectivity index (χ1) is 9.65. The third-order valence-electron chi connectivity index (χ3n) is 3.03. The quantitative estimate of drug-likeness (QED) is 0.766. The molecule has 98 valence electrons. The second-order valence-electron chi connectivity index (χ2n) is 4.44. The summed E-state index contributed by atoms with van der Waals surface area (Å²) in [5.74, 6) is 0.791. The number of nitrogens with zero attached hydrogens (tertiary/aromatic N) is 2. The first-order valence-corrected chi connectivity index (χ1v) is 6.74. The van der Waals surface area contributed by atoms with Crippen molar-refractivity contribution in [2.24, 2.45) is 0 Å². The Labute approximate surface area is 125 Å². The molecular formula is C15H9Cl2N3. The summed E-state index contributed by atoms with van der Waals surface area (Å²) in [4.78, 5) is 7.69. The van der Waals surface area contributed by atoms with E-state index >= 15 is 0 Å². The predicted octanol–water partition coefficient (Wildman–Crippen LogP) is 4.33. The van der Waals surface area contributed by atoms with Crippen molar-refractivity contribution in [2.45, 2.75) is 6.42 Å². The maximum Gasteiger partial charge on any atom is 0.111 e. The summed E-state index contributed by atoms with van der Waals surface area (Å²) in [6.07, 6.45) is 0.565. The van der Waals surface area contributed by atoms with Gasteiger partial charge in [0.2, 0.25) is 0 Å². The van der Waals surface area contributed by atoms with Crippen molar-refractivity contribution in [3.63, 3.8) is 0 Å². The van der Waals surface area contributed by atoms with Gasteiger partial charge in [0, 0.05) is 16.5 Å². The molecule has 20 heavy (non-hydrogen) atoms. The lowest BCUT2D eigenvalue weighted by molar-refractivity contribution is 1.04. The van der Waals surface area contributed by atoms with Gasteiger partial charge in [0.15, 0.2) is 0 Å². The molecule has 0 spiro atoms. The summed E-state index contributed by atoms with van der Waals surface area (Å²) in [6.45, 7) is 0. The normalized spacial score (nSPS) is 10.7. The van der Waals surface area contributed by atoms with E-state index in [1.807, 2.05) is 12.1 Å². The molecule has 1 heterocycles. The predicted molar refractivity (Wildman–Crippen MR) is 80.1 cm³/mol. The largest absolute Gasteiger partial charge is 0.342 e. The van der Waals surface area contributed by atoms with Gasteiger partial charge in [-0.2, -0.15) is 5.26 Å². The molecule has 0 aliphatic heterocycles. The number of aromatic nitrogens is 2. The van der Waals surface area contributed by atoms with E-state index in [1.165, 1.54) is 0 Å². The van der Waals surface area contributed by atoms with Crippen LogP contribution in [0.2, 0.25) is 10.0 Å². The van der Waals surface area contributed by atoms with Crippen LogP contribution in [0.25, 0.3) is 11.0 Å². The second-order valence-corrected chi connectivity index (χ2v) is 5.28. The van der Waals surface area contributed by atoms with Gasteiger partial charge < -0.3 is 4.98 Å². The monoisotopic (exact) mass is 301 g/mol. The molecule has 0 atom stereocenters. The van der Waals surface area contributed by atoms with E-state index in [9.17, 15) is 0 Å². The molecule has 5 heteroatoms. The maximum absolute atomic E-state index is 8.89. The Kier molecular flexibility index (Phi) is 3.35. The zero-order valence-electron chi connectivity index (χ0n) is 10.3. The minimum absolute atomic E-state index is 0.565. The van der Waals surface area contributed by atoms with E-state index in [-0.39, 0.29) is 0 Å². The maximum atomic E-state index is 8.89. The van der Waals surface area contributed by atoms with Crippen LogP contribution < -0.4 is 0 Å². The van der Waals surface area contributed by atoms with Gasteiger partial charge in [-0.25, -0.2) is 4.98 Å². The Bertz CT molecular complexity index is 831. The van der Waals surface area contributed by atoms with Crippen molar-refractivity contribution in [1.29, 1.82) is 5.26 Å². The first-order valence-electron chi connectivity index (χ1n) is 5.98. The molecule has 1 aromatic heterocycles. The highest BCUT2D eigenvalue weighted by Crippen LogP contribution is 2.23. The molecule has 0 unspecified atom stereocenters. The molecule has 3 aromatic rings. The molecule has 0 saturated heterocycles. The molecule has 0 amide bonds. The van der Waals surface area contributed by atoms with Crippen molar-refractivity contribution in [1.82, 2.24) is 9.97 Å². The van der Waals surface area contributed by atoms with E-state index in [4.69, 9.17) is 28.5 Å². The average Bonchev–Trinajstić information content (AvgIpc) is 2.84. The zero-order chi connectivity index (χ0) is 14.1. The molecule has 2 aromatic carbocycles. The fraction of sp³-hybridized carbons (Fsp3) is 0.0667. The topological polar surface area (TPSA) is 52.5 Å². The number of benzene rings is 2. The minimum atomic E-state index is 0.565. The fourth-order valence-electron chi connectivity index (χ4n) is 2.07. The lowest BCUT2D eigenvalue weighted by Gasteiger charge is -2.02. The number of rotatable bonds is 2. The summed E-state index contributed by atoms with van der Waals surface area (Å²) in [7, 11) is 0. The minimum Gasteiger partial charge on any atom is -0.342 e. The highest BCUT2D eigenvalue weighted by molar-refractivity contribution is 6.33. The third-order valence-corrected chi connectivity index (χ3v) is 3.63. The van der Waals surface area contributed by atoms with E-state index in [1.54, 1.807) is 24.3 Å². The molecular weight excluding hydrogens is 293 g/mol. The first kappa shape index (κ1) is 13.0. The van der Waals surface area contributed by atoms with Crippen LogP contribution in [0.3, 0.4) is 0 Å². The number of fused-ring (bicyclic) bond motifs is 1. The van der Waals surface area contributed by atoms with Crippen LogP contribution in [0.1, 0.15) is 17.0 Å². The number of nitrogens with one attached hydrogen (secondary N) is 1. The summed E-state index contributed by atoms with van der Waals surface area (Å²) in [5, 5.41) is 10.2. The van der Waals surface area contributed by atoms with Gasteiger partial charge in [-0.3, -0.25) is 0 Å². The molecule has 0 bridgehead atoms. The summed E-state index contributed by atoms with van der Waals surface area (Å²) < 4.78 is 0. The molecule has 1 N–H and O–H groups in total. The van der Waals surface area contributed by atoms with Crippen molar-refractivity contribution in [3.8, 4) is 6.07 Å². The smallest absolute Gasteiger partial charge is 0.111 e. The van der Waals surface area contributed by atoms with Gasteiger partial charge in [0.1, 0.15) is 5.82 Å². The lowest BCUT2D eigenvalue weighted by atomic mass is 10.1. The molecule has 0 fully saturated rings. The Hall–Kier alpha value is -2.02. The van der Waals surface area contributed by atoms with Gasteiger partial charge in [-0.15, -0.1) is 0 Å². The molecule has 0 radical (unpaired) electrons. The van der Waals surface area contributed by atoms with Gasteiger partial charge in [0.25, 0.3) is 0 Å². The number of hydrogen-bond donors (Lipinski definition) is 1. The van der Waals surface area contributed by atoms with Gasteiger partial charge in [-0.05, 0) is 42.0 Å². The van der Waals surface area contributed by atoms with Crippen LogP contribution in [-0.2, 0) is 6.42 Å². The Morgan fingerprint density at radius 1 is 1.15 bits per heavy atom. The molecule has 0 aliphatic rings. The van der Waals surface area contributed by atoms with Gasteiger partial charge >= 0.3 is 0 Å². The Morgan fingerprint density at radius 2 is 2.00 bits per heavy atom. The van der Waals surface area contributed by atoms with E-state index in [0.717, 1.165) is 22.4 Å². The number of imidazole rings is 1. The lowest BCUT2D eigenvalue weighted by Crippen LogP contribution is -1.91. The van der Waals surface area contributed by atoms with E-state index < -0.39 is 0 Å². The van der Waals surface area contributed by atoms with Crippen LogP contribution in [0.5, 0.6) is 0 Å². The van der Waals surface area contributed by atoms with Crippen LogP contribution in [-0.4, -0.2) is 9.97 Å². The van der Waals surface area contributed by atoms with Gasteiger partial charge in [0.05, 0.1) is 22.7 Å². The van der Waals surface area contributed by atoms with Crippen LogP contribution >= 0.6 is 23.2 Å². The third kappa shape index (κ3) is 2.49.